The third-order valence-electron chi connectivity index (χ3n) is 3.38. The van der Waals surface area contributed by atoms with Gasteiger partial charge in [0, 0.05) is 10.7 Å². The number of hydrazine groups is 1. The molecule has 0 bridgehead atoms. The predicted octanol–water partition coefficient (Wildman–Crippen LogP) is 3.18. The molecule has 0 saturated carbocycles. The number of carbonyl (C=O) groups excluding carboxylic acids is 1. The molecule has 2 aromatic heterocycles. The summed E-state index contributed by atoms with van der Waals surface area (Å²) in [7, 11) is 0. The van der Waals surface area contributed by atoms with Gasteiger partial charge < -0.3 is 5.32 Å². The number of hydrogen-bond acceptors (Lipinski definition) is 8. The maximum Gasteiger partial charge on any atom is 0.355 e. The fraction of sp³-hybridized carbons (Fsp3) is 0. The summed E-state index contributed by atoms with van der Waals surface area (Å²) in [6.07, 6.45) is 2.46. The Balaban J connectivity index is 1.85. The SMILES string of the molecule is O=C(NNc1ncnc(Nc2ccc(Br)cc2F)c1[N+](=O)[O-])c1ccccn1. The number of carbonyl (C=O) groups is 1. The quantitative estimate of drug-likeness (QED) is 0.387. The summed E-state index contributed by atoms with van der Waals surface area (Å²) < 4.78 is 14.5. The first-order chi connectivity index (χ1) is 13.5. The first-order valence-corrected chi connectivity index (χ1v) is 8.44. The van der Waals surface area contributed by atoms with E-state index in [4.69, 9.17) is 0 Å². The van der Waals surface area contributed by atoms with Crippen LogP contribution in [0.4, 0.5) is 27.4 Å². The molecule has 2 heterocycles. The molecule has 0 spiro atoms. The number of nitrogens with one attached hydrogen (secondary N) is 3. The molecule has 0 saturated heterocycles. The highest BCUT2D eigenvalue weighted by atomic mass is 79.9. The lowest BCUT2D eigenvalue weighted by atomic mass is 10.3. The minimum atomic E-state index is -0.756. The molecule has 0 unspecified atom stereocenters. The summed E-state index contributed by atoms with van der Waals surface area (Å²) in [5.74, 6) is -1.80. The van der Waals surface area contributed by atoms with E-state index in [9.17, 15) is 19.3 Å². The molecule has 1 amide bonds. The summed E-state index contributed by atoms with van der Waals surface area (Å²) in [6.45, 7) is 0. The Hall–Kier alpha value is -3.67. The van der Waals surface area contributed by atoms with Crippen LogP contribution in [-0.4, -0.2) is 25.8 Å². The predicted molar refractivity (Wildman–Crippen MR) is 101 cm³/mol. The number of nitro groups is 1. The highest BCUT2D eigenvalue weighted by Gasteiger charge is 2.24. The number of anilines is 3. The lowest BCUT2D eigenvalue weighted by Crippen LogP contribution is -2.31. The molecule has 0 aliphatic rings. The smallest absolute Gasteiger partial charge is 0.332 e. The average molecular weight is 448 g/mol. The van der Waals surface area contributed by atoms with E-state index in [-0.39, 0.29) is 23.0 Å². The maximum absolute atomic E-state index is 14.0. The average Bonchev–Trinajstić information content (AvgIpc) is 2.68. The normalized spacial score (nSPS) is 10.2. The minimum Gasteiger partial charge on any atom is -0.332 e. The number of halogens is 2. The highest BCUT2D eigenvalue weighted by Crippen LogP contribution is 2.32. The second kappa shape index (κ2) is 8.35. The Morgan fingerprint density at radius 1 is 1.14 bits per heavy atom. The van der Waals surface area contributed by atoms with Crippen LogP contribution in [0.2, 0.25) is 0 Å². The number of pyridine rings is 1. The summed E-state index contributed by atoms with van der Waals surface area (Å²) in [4.78, 5) is 34.2. The van der Waals surface area contributed by atoms with Crippen molar-refractivity contribution in [3.05, 3.63) is 75.0 Å². The van der Waals surface area contributed by atoms with Crippen LogP contribution in [0.3, 0.4) is 0 Å². The van der Waals surface area contributed by atoms with Gasteiger partial charge in [-0.25, -0.2) is 14.4 Å². The second-order valence-electron chi connectivity index (χ2n) is 5.22. The number of benzene rings is 1. The van der Waals surface area contributed by atoms with E-state index in [1.165, 1.54) is 24.4 Å². The van der Waals surface area contributed by atoms with Gasteiger partial charge >= 0.3 is 5.69 Å². The topological polar surface area (TPSA) is 135 Å². The van der Waals surface area contributed by atoms with Crippen molar-refractivity contribution in [1.29, 1.82) is 0 Å². The molecule has 10 nitrogen and oxygen atoms in total. The van der Waals surface area contributed by atoms with Gasteiger partial charge in [-0.15, -0.1) is 0 Å². The molecule has 0 fully saturated rings. The van der Waals surface area contributed by atoms with E-state index in [1.807, 2.05) is 0 Å². The minimum absolute atomic E-state index is 0.0199. The van der Waals surface area contributed by atoms with Gasteiger partial charge in [-0.1, -0.05) is 22.0 Å². The molecule has 3 N–H and O–H groups in total. The summed E-state index contributed by atoms with van der Waals surface area (Å²) in [5, 5.41) is 14.1. The molecular formula is C16H11BrFN7O3. The van der Waals surface area contributed by atoms with E-state index < -0.39 is 22.3 Å². The van der Waals surface area contributed by atoms with Gasteiger partial charge in [-0.2, -0.15) is 0 Å². The molecule has 0 radical (unpaired) electrons. The van der Waals surface area contributed by atoms with E-state index in [2.05, 4.69) is 47.1 Å². The molecule has 12 heteroatoms. The second-order valence-corrected chi connectivity index (χ2v) is 6.14. The molecule has 142 valence electrons. The molecular weight excluding hydrogens is 437 g/mol. The zero-order valence-electron chi connectivity index (χ0n) is 13.9. The number of aromatic nitrogens is 3. The van der Waals surface area contributed by atoms with Crippen LogP contribution in [0.5, 0.6) is 0 Å². The van der Waals surface area contributed by atoms with Crippen molar-refractivity contribution in [2.75, 3.05) is 10.7 Å². The van der Waals surface area contributed by atoms with Gasteiger partial charge in [-0.3, -0.25) is 30.7 Å². The monoisotopic (exact) mass is 447 g/mol. The molecule has 1 aromatic carbocycles. The number of nitrogens with zero attached hydrogens (tertiary/aromatic N) is 4. The maximum atomic E-state index is 14.0. The fourth-order valence-corrected chi connectivity index (χ4v) is 2.46. The summed E-state index contributed by atoms with van der Waals surface area (Å²) in [6, 6.07) is 8.87. The molecule has 3 aromatic rings. The standard InChI is InChI=1S/C16H11BrFN7O3/c17-9-4-5-11(10(18)7-9)22-14-13(25(27)28)15(21-8-20-14)23-24-16(26)12-3-1-2-6-19-12/h1-8H,(H,24,26)(H2,20,21,22,23). The molecule has 0 aliphatic heterocycles. The van der Waals surface area contributed by atoms with Crippen LogP contribution in [0.25, 0.3) is 0 Å². The van der Waals surface area contributed by atoms with Crippen LogP contribution < -0.4 is 16.2 Å². The Morgan fingerprint density at radius 3 is 2.61 bits per heavy atom. The Labute approximate surface area is 165 Å². The van der Waals surface area contributed by atoms with Crippen LogP contribution in [0.15, 0.2) is 53.4 Å². The van der Waals surface area contributed by atoms with Crippen LogP contribution >= 0.6 is 15.9 Å². The van der Waals surface area contributed by atoms with Crippen molar-refractivity contribution < 1.29 is 14.1 Å². The first-order valence-electron chi connectivity index (χ1n) is 7.64. The molecule has 3 rings (SSSR count). The lowest BCUT2D eigenvalue weighted by Gasteiger charge is -2.11. The van der Waals surface area contributed by atoms with Crippen LogP contribution in [-0.2, 0) is 0 Å². The van der Waals surface area contributed by atoms with Crippen LogP contribution in [0, 0.1) is 15.9 Å². The first kappa shape index (κ1) is 19.1. The summed E-state index contributed by atoms with van der Waals surface area (Å²) in [5.41, 5.74) is 4.14. The largest absolute Gasteiger partial charge is 0.355 e. The Bertz CT molecular complexity index is 1040. The Kier molecular flexibility index (Phi) is 5.69. The van der Waals surface area contributed by atoms with Crippen molar-refractivity contribution >= 4 is 44.8 Å². The van der Waals surface area contributed by atoms with Gasteiger partial charge in [0.05, 0.1) is 10.6 Å². The zero-order valence-corrected chi connectivity index (χ0v) is 15.5. The van der Waals surface area contributed by atoms with E-state index in [0.29, 0.717) is 4.47 Å². The lowest BCUT2D eigenvalue weighted by molar-refractivity contribution is -0.383. The molecule has 28 heavy (non-hydrogen) atoms. The van der Waals surface area contributed by atoms with Crippen molar-refractivity contribution in [1.82, 2.24) is 20.4 Å². The fourth-order valence-electron chi connectivity index (χ4n) is 2.13. The van der Waals surface area contributed by atoms with Gasteiger partial charge in [0.2, 0.25) is 11.6 Å². The van der Waals surface area contributed by atoms with E-state index >= 15 is 0 Å². The number of amides is 1. The van der Waals surface area contributed by atoms with Crippen LogP contribution in [0.1, 0.15) is 10.5 Å². The van der Waals surface area contributed by atoms with Crippen molar-refractivity contribution in [3.8, 4) is 0 Å². The molecule has 0 aliphatic carbocycles. The zero-order chi connectivity index (χ0) is 20.1. The van der Waals surface area contributed by atoms with Gasteiger partial charge in [0.25, 0.3) is 5.91 Å². The van der Waals surface area contributed by atoms with E-state index in [0.717, 1.165) is 6.33 Å². The highest BCUT2D eigenvalue weighted by molar-refractivity contribution is 9.10. The third-order valence-corrected chi connectivity index (χ3v) is 3.87. The van der Waals surface area contributed by atoms with Gasteiger partial charge in [0.1, 0.15) is 17.8 Å². The van der Waals surface area contributed by atoms with Crippen molar-refractivity contribution in [3.63, 3.8) is 0 Å². The number of hydrogen-bond donors (Lipinski definition) is 3. The summed E-state index contributed by atoms with van der Waals surface area (Å²) >= 11 is 3.13. The van der Waals surface area contributed by atoms with E-state index in [1.54, 1.807) is 18.2 Å². The molecule has 0 atom stereocenters. The number of rotatable bonds is 6. The van der Waals surface area contributed by atoms with Gasteiger partial charge in [-0.05, 0) is 30.3 Å². The Morgan fingerprint density at radius 2 is 1.93 bits per heavy atom. The third kappa shape index (κ3) is 4.35. The van der Waals surface area contributed by atoms with Gasteiger partial charge in [0.15, 0.2) is 0 Å². The van der Waals surface area contributed by atoms with Crippen molar-refractivity contribution in [2.45, 2.75) is 0 Å². The van der Waals surface area contributed by atoms with Crippen molar-refractivity contribution in [2.24, 2.45) is 0 Å².